The van der Waals surface area contributed by atoms with Gasteiger partial charge in [0.1, 0.15) is 0 Å². The van der Waals surface area contributed by atoms with Crippen LogP contribution in [0.25, 0.3) is 0 Å². The highest BCUT2D eigenvalue weighted by molar-refractivity contribution is 5.98. The van der Waals surface area contributed by atoms with Crippen LogP contribution < -0.4 is 0 Å². The van der Waals surface area contributed by atoms with Crippen LogP contribution in [0.2, 0.25) is 0 Å². The van der Waals surface area contributed by atoms with Gasteiger partial charge < -0.3 is 9.64 Å². The lowest BCUT2D eigenvalue weighted by Crippen LogP contribution is -2.48. The van der Waals surface area contributed by atoms with Gasteiger partial charge in [-0.1, -0.05) is 47.6 Å². The molecule has 0 atom stereocenters. The highest BCUT2D eigenvalue weighted by Crippen LogP contribution is 2.31. The predicted molar refractivity (Wildman–Crippen MR) is 111 cm³/mol. The molecule has 158 valence electrons. The predicted octanol–water partition coefficient (Wildman–Crippen LogP) is 3.87. The average Bonchev–Trinajstić information content (AvgIpc) is 2.98. The fourth-order valence-corrected chi connectivity index (χ4v) is 3.84. The summed E-state index contributed by atoms with van der Waals surface area (Å²) in [4.78, 5) is 40.0. The van der Waals surface area contributed by atoms with E-state index in [1.807, 2.05) is 17.0 Å². The Labute approximate surface area is 173 Å². The Morgan fingerprint density at radius 1 is 0.931 bits per heavy atom. The number of ether oxygens (including phenoxy) is 1. The Morgan fingerprint density at radius 3 is 1.86 bits per heavy atom. The van der Waals surface area contributed by atoms with E-state index in [0.717, 1.165) is 11.1 Å². The maximum absolute atomic E-state index is 13.3. The number of hydrogen-bond donors (Lipinski definition) is 0. The van der Waals surface area contributed by atoms with E-state index in [1.165, 1.54) is 4.90 Å². The van der Waals surface area contributed by atoms with Gasteiger partial charge in [-0.05, 0) is 46.9 Å². The fraction of sp³-hybridized carbons (Fsp3) is 0.609. The number of cyclic esters (lactones) is 1. The first-order chi connectivity index (χ1) is 13.4. The minimum absolute atomic E-state index is 0.00961. The number of amides is 3. The molecule has 0 radical (unpaired) electrons. The van der Waals surface area contributed by atoms with Gasteiger partial charge in [-0.25, -0.2) is 9.69 Å². The van der Waals surface area contributed by atoms with Crippen LogP contribution in [0.1, 0.15) is 75.9 Å². The summed E-state index contributed by atoms with van der Waals surface area (Å²) >= 11 is 0. The SMILES string of the molecule is CC(C)(C)c1cc(C(=O)N2CCC(N3C(=O)COC3=O)CC2)cc(C(C)(C)C)c1. The van der Waals surface area contributed by atoms with E-state index in [2.05, 4.69) is 47.6 Å². The molecule has 0 bridgehead atoms. The molecule has 2 heterocycles. The summed E-state index contributed by atoms with van der Waals surface area (Å²) in [5, 5.41) is 0. The van der Waals surface area contributed by atoms with Crippen LogP contribution in [0.5, 0.6) is 0 Å². The molecule has 0 aliphatic carbocycles. The van der Waals surface area contributed by atoms with Gasteiger partial charge >= 0.3 is 6.09 Å². The summed E-state index contributed by atoms with van der Waals surface area (Å²) in [6.07, 6.45) is 0.600. The van der Waals surface area contributed by atoms with Crippen molar-refractivity contribution in [2.75, 3.05) is 19.7 Å². The summed E-state index contributed by atoms with van der Waals surface area (Å²) in [6, 6.07) is 6.02. The van der Waals surface area contributed by atoms with Crippen molar-refractivity contribution in [2.45, 2.75) is 71.3 Å². The highest BCUT2D eigenvalue weighted by Gasteiger charge is 2.39. The normalized spacial score (nSPS) is 19.0. The molecular weight excluding hydrogens is 368 g/mol. The molecule has 29 heavy (non-hydrogen) atoms. The number of nitrogens with zero attached hydrogens (tertiary/aromatic N) is 2. The zero-order valence-electron chi connectivity index (χ0n) is 18.4. The summed E-state index contributed by atoms with van der Waals surface area (Å²) in [5.74, 6) is -0.275. The molecule has 2 aliphatic heterocycles. The quantitative estimate of drug-likeness (QED) is 0.756. The number of hydrogen-bond acceptors (Lipinski definition) is 4. The number of benzene rings is 1. The van der Waals surface area contributed by atoms with Gasteiger partial charge in [-0.15, -0.1) is 0 Å². The molecular formula is C23H32N2O4. The third-order valence-electron chi connectivity index (χ3n) is 5.81. The number of likely N-dealkylation sites (tertiary alicyclic amines) is 1. The number of rotatable bonds is 2. The van der Waals surface area contributed by atoms with Crippen LogP contribution in [0.15, 0.2) is 18.2 Å². The molecule has 0 N–H and O–H groups in total. The molecule has 1 aromatic rings. The molecule has 2 saturated heterocycles. The summed E-state index contributed by atoms with van der Waals surface area (Å²) < 4.78 is 4.82. The van der Waals surface area contributed by atoms with Crippen molar-refractivity contribution in [1.82, 2.24) is 9.80 Å². The first-order valence-corrected chi connectivity index (χ1v) is 10.3. The molecule has 6 heteroatoms. The maximum Gasteiger partial charge on any atom is 0.417 e. The fourth-order valence-electron chi connectivity index (χ4n) is 3.84. The van der Waals surface area contributed by atoms with Gasteiger partial charge in [-0.2, -0.15) is 0 Å². The van der Waals surface area contributed by atoms with Crippen molar-refractivity contribution < 1.29 is 19.1 Å². The van der Waals surface area contributed by atoms with E-state index in [-0.39, 0.29) is 35.3 Å². The Bertz CT molecular complexity index is 776. The van der Waals surface area contributed by atoms with Gasteiger partial charge in [0, 0.05) is 24.7 Å². The number of carbonyl (C=O) groups is 3. The van der Waals surface area contributed by atoms with Crippen molar-refractivity contribution in [1.29, 1.82) is 0 Å². The molecule has 6 nitrogen and oxygen atoms in total. The molecule has 3 rings (SSSR count). The van der Waals surface area contributed by atoms with E-state index in [9.17, 15) is 14.4 Å². The maximum atomic E-state index is 13.3. The Morgan fingerprint density at radius 2 is 1.45 bits per heavy atom. The van der Waals surface area contributed by atoms with Crippen LogP contribution in [-0.4, -0.2) is 53.4 Å². The van der Waals surface area contributed by atoms with E-state index in [4.69, 9.17) is 4.74 Å². The van der Waals surface area contributed by atoms with Crippen molar-refractivity contribution >= 4 is 17.9 Å². The van der Waals surface area contributed by atoms with Crippen LogP contribution >= 0.6 is 0 Å². The summed E-state index contributed by atoms with van der Waals surface area (Å²) in [7, 11) is 0. The lowest BCUT2D eigenvalue weighted by atomic mass is 9.79. The number of carbonyl (C=O) groups excluding carboxylic acids is 3. The third-order valence-corrected chi connectivity index (χ3v) is 5.81. The van der Waals surface area contributed by atoms with E-state index >= 15 is 0 Å². The van der Waals surface area contributed by atoms with Gasteiger partial charge in [0.15, 0.2) is 6.61 Å². The number of imide groups is 1. The number of piperidine rings is 1. The molecule has 1 aromatic carbocycles. The topological polar surface area (TPSA) is 66.9 Å². The van der Waals surface area contributed by atoms with Crippen LogP contribution in [0.4, 0.5) is 4.79 Å². The Hall–Kier alpha value is -2.37. The second-order valence-corrected chi connectivity index (χ2v) is 10.1. The standard InChI is InChI=1S/C23H32N2O4/c1-22(2,3)16-11-15(12-17(13-16)23(4,5)6)20(27)24-9-7-18(8-10-24)25-19(26)14-29-21(25)28/h11-13,18H,7-10,14H2,1-6H3. The molecule has 3 amide bonds. The van der Waals surface area contributed by atoms with Gasteiger partial charge in [0.25, 0.3) is 11.8 Å². The monoisotopic (exact) mass is 400 g/mol. The van der Waals surface area contributed by atoms with Crippen molar-refractivity contribution in [3.63, 3.8) is 0 Å². The second-order valence-electron chi connectivity index (χ2n) is 10.1. The molecule has 2 fully saturated rings. The van der Waals surface area contributed by atoms with Crippen LogP contribution in [0, 0.1) is 0 Å². The summed E-state index contributed by atoms with van der Waals surface area (Å²) in [6.45, 7) is 13.8. The molecule has 2 aliphatic rings. The first-order valence-electron chi connectivity index (χ1n) is 10.3. The van der Waals surface area contributed by atoms with Crippen molar-refractivity contribution in [2.24, 2.45) is 0 Å². The highest BCUT2D eigenvalue weighted by atomic mass is 16.6. The van der Waals surface area contributed by atoms with Gasteiger partial charge in [0.05, 0.1) is 0 Å². The molecule has 0 saturated carbocycles. The lowest BCUT2D eigenvalue weighted by Gasteiger charge is -2.35. The largest absolute Gasteiger partial charge is 0.439 e. The summed E-state index contributed by atoms with van der Waals surface area (Å²) in [5.41, 5.74) is 2.89. The molecule has 0 spiro atoms. The lowest BCUT2D eigenvalue weighted by molar-refractivity contribution is -0.127. The third kappa shape index (κ3) is 4.46. The minimum atomic E-state index is -0.563. The van der Waals surface area contributed by atoms with Crippen molar-refractivity contribution in [3.8, 4) is 0 Å². The van der Waals surface area contributed by atoms with Gasteiger partial charge in [0.2, 0.25) is 0 Å². The second kappa shape index (κ2) is 7.47. The first kappa shape index (κ1) is 21.3. The minimum Gasteiger partial charge on any atom is -0.439 e. The Balaban J connectivity index is 1.79. The van der Waals surface area contributed by atoms with Gasteiger partial charge in [-0.3, -0.25) is 9.59 Å². The zero-order chi connectivity index (χ0) is 21.6. The van der Waals surface area contributed by atoms with Crippen LogP contribution in [-0.2, 0) is 20.4 Å². The smallest absolute Gasteiger partial charge is 0.417 e. The zero-order valence-corrected chi connectivity index (χ0v) is 18.4. The van der Waals surface area contributed by atoms with E-state index in [1.54, 1.807) is 0 Å². The van der Waals surface area contributed by atoms with Crippen LogP contribution in [0.3, 0.4) is 0 Å². The Kier molecular flexibility index (Phi) is 5.50. The molecule has 0 unspecified atom stereocenters. The van der Waals surface area contributed by atoms with Crippen molar-refractivity contribution in [3.05, 3.63) is 34.9 Å². The van der Waals surface area contributed by atoms with E-state index in [0.29, 0.717) is 31.5 Å². The van der Waals surface area contributed by atoms with E-state index < -0.39 is 6.09 Å². The molecule has 0 aromatic heterocycles. The average molecular weight is 401 g/mol.